The molecule has 0 aromatic heterocycles. The second-order valence-corrected chi connectivity index (χ2v) is 9.01. The van der Waals surface area contributed by atoms with Crippen LogP contribution >= 0.6 is 0 Å². The van der Waals surface area contributed by atoms with Crippen molar-refractivity contribution >= 4 is 34.2 Å². The second kappa shape index (κ2) is 9.67. The lowest BCUT2D eigenvalue weighted by Crippen LogP contribution is -2.52. The molecule has 34 heavy (non-hydrogen) atoms. The van der Waals surface area contributed by atoms with Crippen molar-refractivity contribution in [1.82, 2.24) is 10.2 Å². The average molecular weight is 458 g/mol. The van der Waals surface area contributed by atoms with Gasteiger partial charge >= 0.3 is 0 Å². The summed E-state index contributed by atoms with van der Waals surface area (Å²) < 4.78 is 0. The van der Waals surface area contributed by atoms with Crippen molar-refractivity contribution in [1.29, 1.82) is 0 Å². The summed E-state index contributed by atoms with van der Waals surface area (Å²) >= 11 is 0. The lowest BCUT2D eigenvalue weighted by Gasteiger charge is -2.31. The molecule has 1 aliphatic rings. The van der Waals surface area contributed by atoms with E-state index in [0.717, 1.165) is 34.0 Å². The van der Waals surface area contributed by atoms with Crippen LogP contribution in [0.3, 0.4) is 0 Å². The van der Waals surface area contributed by atoms with E-state index in [0.29, 0.717) is 12.1 Å². The van der Waals surface area contributed by atoms with Crippen molar-refractivity contribution in [2.24, 2.45) is 0 Å². The zero-order valence-corrected chi connectivity index (χ0v) is 20.2. The van der Waals surface area contributed by atoms with Gasteiger partial charge in [-0.25, -0.2) is 0 Å². The van der Waals surface area contributed by atoms with Crippen molar-refractivity contribution in [3.8, 4) is 0 Å². The number of rotatable bonds is 8. The Hall–Kier alpha value is -3.67. The molecule has 0 radical (unpaired) electrons. The molecule has 1 N–H and O–H groups in total. The highest BCUT2D eigenvalue weighted by molar-refractivity contribution is 6.26. The van der Waals surface area contributed by atoms with Gasteiger partial charge in [-0.05, 0) is 55.8 Å². The number of amides is 3. The van der Waals surface area contributed by atoms with Gasteiger partial charge in [0.15, 0.2) is 0 Å². The molecule has 0 unspecified atom stereocenters. The van der Waals surface area contributed by atoms with E-state index < -0.39 is 6.04 Å². The van der Waals surface area contributed by atoms with Crippen LogP contribution in [0.4, 0.5) is 5.69 Å². The molecule has 6 heteroatoms. The third-order valence-corrected chi connectivity index (χ3v) is 6.71. The number of aryl methyl sites for hydroxylation is 1. The largest absolute Gasteiger partial charge is 0.352 e. The summed E-state index contributed by atoms with van der Waals surface area (Å²) in [5.74, 6) is -0.657. The standard InChI is InChI=1S/C28H31N3O3/c1-5-19(3)29-27(33)20(4)30(16-22-11-7-6-10-18(22)2)25(32)17-31-24-15-9-13-21-12-8-14-23(26(21)24)28(31)34/h6-15,19-20H,5,16-17H2,1-4H3,(H,29,33)/t19-,20-/m1/s1. The van der Waals surface area contributed by atoms with Gasteiger partial charge in [-0.2, -0.15) is 0 Å². The lowest BCUT2D eigenvalue weighted by molar-refractivity contribution is -0.139. The molecule has 0 saturated heterocycles. The number of carbonyl (C=O) groups is 3. The molecule has 0 bridgehead atoms. The molecular weight excluding hydrogens is 426 g/mol. The van der Waals surface area contributed by atoms with Crippen LogP contribution in [0.1, 0.15) is 48.7 Å². The number of hydrogen-bond acceptors (Lipinski definition) is 3. The van der Waals surface area contributed by atoms with Crippen LogP contribution in [0, 0.1) is 6.92 Å². The number of nitrogens with one attached hydrogen (secondary N) is 1. The maximum absolute atomic E-state index is 13.7. The first kappa shape index (κ1) is 23.5. The average Bonchev–Trinajstić information content (AvgIpc) is 3.11. The molecule has 1 aliphatic heterocycles. The van der Waals surface area contributed by atoms with Gasteiger partial charge in [-0.15, -0.1) is 0 Å². The molecule has 0 spiro atoms. The maximum Gasteiger partial charge on any atom is 0.259 e. The molecule has 176 valence electrons. The molecule has 3 aromatic carbocycles. The maximum atomic E-state index is 13.7. The molecule has 0 saturated carbocycles. The lowest BCUT2D eigenvalue weighted by atomic mass is 10.1. The summed E-state index contributed by atoms with van der Waals surface area (Å²) in [7, 11) is 0. The van der Waals surface area contributed by atoms with Crippen LogP contribution < -0.4 is 10.2 Å². The number of anilines is 1. The molecule has 4 rings (SSSR count). The number of carbonyl (C=O) groups excluding carboxylic acids is 3. The summed E-state index contributed by atoms with van der Waals surface area (Å²) in [5.41, 5.74) is 3.36. The minimum atomic E-state index is -0.683. The van der Waals surface area contributed by atoms with E-state index in [1.165, 1.54) is 4.90 Å². The van der Waals surface area contributed by atoms with Crippen molar-refractivity contribution in [3.63, 3.8) is 0 Å². The van der Waals surface area contributed by atoms with Crippen molar-refractivity contribution in [2.75, 3.05) is 11.4 Å². The van der Waals surface area contributed by atoms with Crippen LogP contribution in [0.25, 0.3) is 10.8 Å². The fourth-order valence-corrected chi connectivity index (χ4v) is 4.38. The van der Waals surface area contributed by atoms with Crippen molar-refractivity contribution in [3.05, 3.63) is 77.4 Å². The minimum Gasteiger partial charge on any atom is -0.352 e. The Bertz CT molecular complexity index is 1250. The summed E-state index contributed by atoms with van der Waals surface area (Å²) in [5, 5.41) is 4.82. The van der Waals surface area contributed by atoms with Crippen molar-refractivity contribution < 1.29 is 14.4 Å². The first-order valence-electron chi connectivity index (χ1n) is 11.8. The zero-order valence-electron chi connectivity index (χ0n) is 20.2. The van der Waals surface area contributed by atoms with Gasteiger partial charge in [0.1, 0.15) is 12.6 Å². The fourth-order valence-electron chi connectivity index (χ4n) is 4.38. The van der Waals surface area contributed by atoms with Crippen LogP contribution in [0.15, 0.2) is 60.7 Å². The molecule has 3 amide bonds. The molecule has 6 nitrogen and oxygen atoms in total. The van der Waals surface area contributed by atoms with Gasteiger partial charge in [-0.1, -0.05) is 55.5 Å². The monoisotopic (exact) mass is 457 g/mol. The molecular formula is C28H31N3O3. The quantitative estimate of drug-likeness (QED) is 0.544. The number of nitrogens with zero attached hydrogens (tertiary/aromatic N) is 2. The smallest absolute Gasteiger partial charge is 0.259 e. The number of benzene rings is 3. The molecule has 1 heterocycles. The van der Waals surface area contributed by atoms with E-state index in [9.17, 15) is 14.4 Å². The second-order valence-electron chi connectivity index (χ2n) is 9.01. The van der Waals surface area contributed by atoms with Gasteiger partial charge < -0.3 is 10.2 Å². The van der Waals surface area contributed by atoms with Crippen LogP contribution in [0.5, 0.6) is 0 Å². The first-order chi connectivity index (χ1) is 16.3. The molecule has 0 fully saturated rings. The third kappa shape index (κ3) is 4.40. The zero-order chi connectivity index (χ0) is 24.4. The van der Waals surface area contributed by atoms with Gasteiger partial charge in [0, 0.05) is 23.5 Å². The Morgan fingerprint density at radius 1 is 1.00 bits per heavy atom. The highest BCUT2D eigenvalue weighted by Gasteiger charge is 2.34. The minimum absolute atomic E-state index is 0.0117. The van der Waals surface area contributed by atoms with Gasteiger partial charge in [0.05, 0.1) is 5.69 Å². The fraction of sp³-hybridized carbons (Fsp3) is 0.321. The predicted octanol–water partition coefficient (Wildman–Crippen LogP) is 4.44. The van der Waals surface area contributed by atoms with Crippen LogP contribution in [-0.4, -0.2) is 41.2 Å². The van der Waals surface area contributed by atoms with Crippen molar-refractivity contribution in [2.45, 2.75) is 52.7 Å². The SMILES string of the molecule is CC[C@@H](C)NC(=O)[C@@H](C)N(Cc1ccccc1C)C(=O)CN1C(=O)c2cccc3cccc1c23. The van der Waals surface area contributed by atoms with Crippen LogP contribution in [-0.2, 0) is 16.1 Å². The summed E-state index contributed by atoms with van der Waals surface area (Å²) in [6.07, 6.45) is 0.800. The third-order valence-electron chi connectivity index (χ3n) is 6.71. The van der Waals surface area contributed by atoms with E-state index in [4.69, 9.17) is 0 Å². The topological polar surface area (TPSA) is 69.7 Å². The molecule has 2 atom stereocenters. The Morgan fingerprint density at radius 3 is 2.41 bits per heavy atom. The Morgan fingerprint density at radius 2 is 1.71 bits per heavy atom. The highest BCUT2D eigenvalue weighted by atomic mass is 16.2. The summed E-state index contributed by atoms with van der Waals surface area (Å²) in [6.45, 7) is 7.85. The first-order valence-corrected chi connectivity index (χ1v) is 11.8. The molecule has 3 aromatic rings. The van der Waals surface area contributed by atoms with Gasteiger partial charge in [0.25, 0.3) is 5.91 Å². The van der Waals surface area contributed by atoms with Gasteiger partial charge in [0.2, 0.25) is 11.8 Å². The Labute approximate surface area is 200 Å². The summed E-state index contributed by atoms with van der Waals surface area (Å²) in [4.78, 5) is 43.0. The van der Waals surface area contributed by atoms with Gasteiger partial charge in [-0.3, -0.25) is 19.3 Å². The predicted molar refractivity (Wildman–Crippen MR) is 135 cm³/mol. The van der Waals surface area contributed by atoms with E-state index in [2.05, 4.69) is 5.32 Å². The highest BCUT2D eigenvalue weighted by Crippen LogP contribution is 2.37. The van der Waals surface area contributed by atoms with E-state index in [1.807, 2.05) is 75.4 Å². The molecule has 0 aliphatic carbocycles. The summed E-state index contributed by atoms with van der Waals surface area (Å²) in [6, 6.07) is 18.5. The Kier molecular flexibility index (Phi) is 6.68. The van der Waals surface area contributed by atoms with E-state index in [1.54, 1.807) is 17.9 Å². The van der Waals surface area contributed by atoms with E-state index in [-0.39, 0.29) is 30.3 Å². The van der Waals surface area contributed by atoms with E-state index >= 15 is 0 Å². The van der Waals surface area contributed by atoms with Crippen LogP contribution in [0.2, 0.25) is 0 Å². The normalized spacial score (nSPS) is 14.2. The Balaban J connectivity index is 1.63. The number of hydrogen-bond donors (Lipinski definition) is 1.